The molecule has 0 aliphatic carbocycles. The number of aryl methyl sites for hydroxylation is 1. The Kier molecular flexibility index (Phi) is 5.27. The maximum atomic E-state index is 6.20. The van der Waals surface area contributed by atoms with Crippen LogP contribution in [-0.2, 0) is 11.8 Å². The number of hydrogen-bond acceptors (Lipinski definition) is 7. The van der Waals surface area contributed by atoms with Crippen LogP contribution in [0.5, 0.6) is 0 Å². The van der Waals surface area contributed by atoms with Crippen molar-refractivity contribution in [2.75, 3.05) is 26.3 Å². The van der Waals surface area contributed by atoms with Gasteiger partial charge < -0.3 is 15.0 Å². The van der Waals surface area contributed by atoms with E-state index >= 15 is 0 Å². The van der Waals surface area contributed by atoms with Crippen molar-refractivity contribution < 1.29 is 9.26 Å². The molecule has 0 saturated carbocycles. The fraction of sp³-hybridized carbons (Fsp3) is 0.688. The van der Waals surface area contributed by atoms with Crippen molar-refractivity contribution in [2.45, 2.75) is 32.4 Å². The first-order valence-electron chi connectivity index (χ1n) is 8.44. The second-order valence-corrected chi connectivity index (χ2v) is 6.73. The third kappa shape index (κ3) is 3.82. The Morgan fingerprint density at radius 2 is 2.04 bits per heavy atom. The van der Waals surface area contributed by atoms with Gasteiger partial charge in [0.15, 0.2) is 5.82 Å². The number of hydrogen-bond donors (Lipinski definition) is 1. The number of aromatic nitrogens is 4. The average Bonchev–Trinajstić information content (AvgIpc) is 3.18. The normalized spacial score (nSPS) is 18.9. The van der Waals surface area contributed by atoms with Crippen LogP contribution in [0.25, 0.3) is 0 Å². The molecule has 2 unspecified atom stereocenters. The minimum atomic E-state index is -0.207. The third-order valence-corrected chi connectivity index (χ3v) is 4.20. The topological polar surface area (TPSA) is 95.2 Å². The van der Waals surface area contributed by atoms with Crippen molar-refractivity contribution in [3.63, 3.8) is 0 Å². The van der Waals surface area contributed by atoms with E-state index in [1.807, 2.05) is 19.4 Å². The molecule has 0 bridgehead atoms. The summed E-state index contributed by atoms with van der Waals surface area (Å²) in [4.78, 5) is 6.89. The third-order valence-electron chi connectivity index (χ3n) is 4.20. The van der Waals surface area contributed by atoms with E-state index in [9.17, 15) is 0 Å². The van der Waals surface area contributed by atoms with E-state index in [1.54, 1.807) is 4.68 Å². The lowest BCUT2D eigenvalue weighted by atomic mass is 10.0. The van der Waals surface area contributed by atoms with Gasteiger partial charge in [-0.3, -0.25) is 9.58 Å². The fourth-order valence-electron chi connectivity index (χ4n) is 3.05. The molecule has 1 fully saturated rings. The Hall–Kier alpha value is -1.77. The zero-order valence-electron chi connectivity index (χ0n) is 14.6. The SMILES string of the molecule is CC(C)CC(N)c1noc(C(c2cnn(C)c2)N2CCOCC2)n1. The van der Waals surface area contributed by atoms with Gasteiger partial charge in [0.25, 0.3) is 0 Å². The maximum Gasteiger partial charge on any atom is 0.248 e. The number of morpholine rings is 1. The molecule has 2 N–H and O–H groups in total. The van der Waals surface area contributed by atoms with E-state index in [0.717, 1.165) is 25.1 Å². The molecular weight excluding hydrogens is 308 g/mol. The molecule has 2 atom stereocenters. The second-order valence-electron chi connectivity index (χ2n) is 6.73. The van der Waals surface area contributed by atoms with Crippen LogP contribution < -0.4 is 5.73 Å². The van der Waals surface area contributed by atoms with E-state index in [0.29, 0.717) is 30.8 Å². The fourth-order valence-corrected chi connectivity index (χ4v) is 3.05. The minimum Gasteiger partial charge on any atom is -0.379 e. The lowest BCUT2D eigenvalue weighted by Gasteiger charge is -2.31. The Balaban J connectivity index is 1.86. The summed E-state index contributed by atoms with van der Waals surface area (Å²) in [7, 11) is 1.90. The van der Waals surface area contributed by atoms with Gasteiger partial charge in [-0.2, -0.15) is 10.1 Å². The Labute approximate surface area is 142 Å². The molecule has 24 heavy (non-hydrogen) atoms. The van der Waals surface area contributed by atoms with Crippen LogP contribution in [0.1, 0.15) is 49.6 Å². The molecule has 1 aliphatic heterocycles. The summed E-state index contributed by atoms with van der Waals surface area (Å²) < 4.78 is 12.8. The van der Waals surface area contributed by atoms with Crippen LogP contribution in [0.3, 0.4) is 0 Å². The van der Waals surface area contributed by atoms with E-state index in [-0.39, 0.29) is 12.1 Å². The van der Waals surface area contributed by atoms with Crippen molar-refractivity contribution in [3.05, 3.63) is 29.7 Å². The summed E-state index contributed by atoms with van der Waals surface area (Å²) in [5, 5.41) is 8.40. The molecule has 0 aromatic carbocycles. The maximum absolute atomic E-state index is 6.20. The first-order valence-corrected chi connectivity index (χ1v) is 8.44. The first-order chi connectivity index (χ1) is 11.5. The van der Waals surface area contributed by atoms with Gasteiger partial charge in [-0.1, -0.05) is 19.0 Å². The monoisotopic (exact) mass is 334 g/mol. The van der Waals surface area contributed by atoms with E-state index in [2.05, 4.69) is 34.0 Å². The summed E-state index contributed by atoms with van der Waals surface area (Å²) in [6.07, 6.45) is 4.66. The van der Waals surface area contributed by atoms with Gasteiger partial charge in [0.1, 0.15) is 6.04 Å². The molecule has 2 aromatic heterocycles. The van der Waals surface area contributed by atoms with Crippen molar-refractivity contribution >= 4 is 0 Å². The van der Waals surface area contributed by atoms with Gasteiger partial charge in [0.05, 0.1) is 25.5 Å². The molecule has 8 nitrogen and oxygen atoms in total. The zero-order valence-corrected chi connectivity index (χ0v) is 14.6. The standard InChI is InChI=1S/C16H26N6O2/c1-11(2)8-13(17)15-19-16(24-20-15)14(12-9-18-21(3)10-12)22-4-6-23-7-5-22/h9-11,13-14H,4-8,17H2,1-3H3. The summed E-state index contributed by atoms with van der Waals surface area (Å²) in [5.74, 6) is 1.62. The highest BCUT2D eigenvalue weighted by Crippen LogP contribution is 2.29. The Morgan fingerprint density at radius 3 is 2.67 bits per heavy atom. The first kappa shape index (κ1) is 17.1. The molecule has 2 aromatic rings. The molecule has 0 amide bonds. The number of nitrogens with zero attached hydrogens (tertiary/aromatic N) is 5. The van der Waals surface area contributed by atoms with Gasteiger partial charge in [0, 0.05) is 31.9 Å². The predicted molar refractivity (Wildman–Crippen MR) is 88.1 cm³/mol. The lowest BCUT2D eigenvalue weighted by molar-refractivity contribution is 0.0181. The number of rotatable bonds is 6. The zero-order chi connectivity index (χ0) is 17.1. The minimum absolute atomic E-state index is 0.116. The van der Waals surface area contributed by atoms with Gasteiger partial charge in [-0.25, -0.2) is 0 Å². The van der Waals surface area contributed by atoms with Crippen molar-refractivity contribution in [2.24, 2.45) is 18.7 Å². The molecule has 132 valence electrons. The van der Waals surface area contributed by atoms with Crippen LogP contribution >= 0.6 is 0 Å². The van der Waals surface area contributed by atoms with Crippen LogP contribution in [0, 0.1) is 5.92 Å². The summed E-state index contributed by atoms with van der Waals surface area (Å²) in [5.41, 5.74) is 7.23. The smallest absolute Gasteiger partial charge is 0.248 e. The largest absolute Gasteiger partial charge is 0.379 e. The van der Waals surface area contributed by atoms with E-state index < -0.39 is 0 Å². The predicted octanol–water partition coefficient (Wildman–Crippen LogP) is 1.27. The van der Waals surface area contributed by atoms with Crippen LogP contribution in [0.4, 0.5) is 0 Å². The summed E-state index contributed by atoms with van der Waals surface area (Å²) in [6, 6.07) is -0.322. The average molecular weight is 334 g/mol. The highest BCUT2D eigenvalue weighted by Gasteiger charge is 2.31. The highest BCUT2D eigenvalue weighted by molar-refractivity contribution is 5.19. The molecule has 1 aliphatic rings. The molecule has 0 radical (unpaired) electrons. The van der Waals surface area contributed by atoms with Crippen molar-refractivity contribution in [1.82, 2.24) is 24.8 Å². The molecule has 1 saturated heterocycles. The van der Waals surface area contributed by atoms with E-state index in [1.165, 1.54) is 0 Å². The van der Waals surface area contributed by atoms with Crippen LogP contribution in [-0.4, -0.2) is 51.1 Å². The number of ether oxygens (including phenoxy) is 1. The van der Waals surface area contributed by atoms with E-state index in [4.69, 9.17) is 15.0 Å². The summed E-state index contributed by atoms with van der Waals surface area (Å²) >= 11 is 0. The molecule has 3 rings (SSSR count). The van der Waals surface area contributed by atoms with Gasteiger partial charge in [-0.05, 0) is 12.3 Å². The van der Waals surface area contributed by atoms with Crippen molar-refractivity contribution in [3.8, 4) is 0 Å². The quantitative estimate of drug-likeness (QED) is 0.850. The van der Waals surface area contributed by atoms with Crippen molar-refractivity contribution in [1.29, 1.82) is 0 Å². The second kappa shape index (κ2) is 7.42. The molecule has 8 heteroatoms. The lowest BCUT2D eigenvalue weighted by Crippen LogP contribution is -2.39. The Morgan fingerprint density at radius 1 is 1.29 bits per heavy atom. The molecular formula is C16H26N6O2. The van der Waals surface area contributed by atoms with Gasteiger partial charge in [-0.15, -0.1) is 0 Å². The van der Waals surface area contributed by atoms with Gasteiger partial charge >= 0.3 is 0 Å². The van der Waals surface area contributed by atoms with Crippen LogP contribution in [0.2, 0.25) is 0 Å². The highest BCUT2D eigenvalue weighted by atomic mass is 16.5. The summed E-state index contributed by atoms with van der Waals surface area (Å²) in [6.45, 7) is 7.29. The van der Waals surface area contributed by atoms with Crippen LogP contribution in [0.15, 0.2) is 16.9 Å². The molecule has 3 heterocycles. The number of nitrogens with two attached hydrogens (primary N) is 1. The Bertz CT molecular complexity index is 647. The molecule has 0 spiro atoms. The van der Waals surface area contributed by atoms with Gasteiger partial charge in [0.2, 0.25) is 5.89 Å².